The summed E-state index contributed by atoms with van der Waals surface area (Å²) in [5, 5.41) is 4.42. The highest BCUT2D eigenvalue weighted by Crippen LogP contribution is 2.20. The topological polar surface area (TPSA) is 66.1 Å². The van der Waals surface area contributed by atoms with E-state index in [0.29, 0.717) is 5.56 Å². The predicted molar refractivity (Wildman–Crippen MR) is 122 cm³/mol. The molecule has 0 aliphatic carbocycles. The van der Waals surface area contributed by atoms with E-state index in [1.54, 1.807) is 13.2 Å². The summed E-state index contributed by atoms with van der Waals surface area (Å²) in [6, 6.07) is 13.1. The maximum absolute atomic E-state index is 13.0. The lowest BCUT2D eigenvalue weighted by Gasteiger charge is -2.18. The van der Waals surface area contributed by atoms with Gasteiger partial charge in [-0.1, -0.05) is 32.9 Å². The number of nitrogens with zero attached hydrogens (tertiary/aromatic N) is 3. The van der Waals surface area contributed by atoms with Crippen molar-refractivity contribution < 1.29 is 9.53 Å². The highest BCUT2D eigenvalue weighted by molar-refractivity contribution is 5.97. The second-order valence-corrected chi connectivity index (χ2v) is 8.92. The fourth-order valence-electron chi connectivity index (χ4n) is 3.64. The first-order valence-corrected chi connectivity index (χ1v) is 10.5. The summed E-state index contributed by atoms with van der Waals surface area (Å²) in [6.07, 6.45) is 0.850. The summed E-state index contributed by atoms with van der Waals surface area (Å²) in [5.74, 6) is 0.730. The molecule has 0 N–H and O–H groups in total. The van der Waals surface area contributed by atoms with Gasteiger partial charge in [-0.2, -0.15) is 5.10 Å². The van der Waals surface area contributed by atoms with Crippen LogP contribution in [-0.2, 0) is 24.9 Å². The number of methoxy groups -OCH3 is 1. The second-order valence-electron chi connectivity index (χ2n) is 8.92. The van der Waals surface area contributed by atoms with Gasteiger partial charge in [-0.3, -0.25) is 9.59 Å². The number of benzene rings is 1. The van der Waals surface area contributed by atoms with E-state index in [1.807, 2.05) is 52.8 Å². The normalized spacial score (nSPS) is 11.5. The Balaban J connectivity index is 1.78. The van der Waals surface area contributed by atoms with Crippen LogP contribution in [0.15, 0.2) is 47.3 Å². The molecule has 0 bridgehead atoms. The number of rotatable bonds is 7. The number of carbonyl (C=O) groups excluding carboxylic acids is 1. The number of aromatic nitrogens is 3. The third kappa shape index (κ3) is 5.13. The van der Waals surface area contributed by atoms with Crippen LogP contribution in [-0.4, -0.2) is 27.2 Å². The molecule has 0 spiro atoms. The molecule has 0 radical (unpaired) electrons. The zero-order chi connectivity index (χ0) is 22.8. The molecule has 2 heterocycles. The van der Waals surface area contributed by atoms with Crippen LogP contribution in [0.5, 0.6) is 5.75 Å². The Labute approximate surface area is 183 Å². The molecule has 0 atom stereocenters. The van der Waals surface area contributed by atoms with Gasteiger partial charge in [-0.25, -0.2) is 4.68 Å². The zero-order valence-corrected chi connectivity index (χ0v) is 19.2. The molecule has 3 rings (SSSR count). The predicted octanol–water partition coefficient (Wildman–Crippen LogP) is 4.09. The average Bonchev–Trinajstić information content (AvgIpc) is 3.01. The van der Waals surface area contributed by atoms with Crippen molar-refractivity contribution in [2.24, 2.45) is 0 Å². The first kappa shape index (κ1) is 22.5. The summed E-state index contributed by atoms with van der Waals surface area (Å²) in [4.78, 5) is 25.3. The van der Waals surface area contributed by atoms with Gasteiger partial charge in [0.15, 0.2) is 5.78 Å². The van der Waals surface area contributed by atoms with Gasteiger partial charge in [0, 0.05) is 35.0 Å². The maximum atomic E-state index is 13.0. The van der Waals surface area contributed by atoms with Gasteiger partial charge in [0.2, 0.25) is 0 Å². The Hall–Kier alpha value is -3.15. The molecular formula is C25H31N3O3. The van der Waals surface area contributed by atoms with E-state index >= 15 is 0 Å². The summed E-state index contributed by atoms with van der Waals surface area (Å²) in [6.45, 7) is 10.8. The molecule has 3 aromatic rings. The summed E-state index contributed by atoms with van der Waals surface area (Å²) < 4.78 is 8.63. The third-order valence-electron chi connectivity index (χ3n) is 5.59. The number of aryl methyl sites for hydroxylation is 2. The zero-order valence-electron chi connectivity index (χ0n) is 19.2. The summed E-state index contributed by atoms with van der Waals surface area (Å²) >= 11 is 0. The average molecular weight is 422 g/mol. The molecule has 164 valence electrons. The Morgan fingerprint density at radius 2 is 1.74 bits per heavy atom. The van der Waals surface area contributed by atoms with Gasteiger partial charge in [-0.15, -0.1) is 0 Å². The maximum Gasteiger partial charge on any atom is 0.267 e. The number of carbonyl (C=O) groups is 1. The number of ketones is 1. The van der Waals surface area contributed by atoms with Crippen molar-refractivity contribution in [1.82, 2.24) is 14.3 Å². The van der Waals surface area contributed by atoms with E-state index in [-0.39, 0.29) is 23.3 Å². The van der Waals surface area contributed by atoms with Crippen LogP contribution in [0.3, 0.4) is 0 Å². The highest BCUT2D eigenvalue weighted by atomic mass is 16.5. The quantitative estimate of drug-likeness (QED) is 0.539. The van der Waals surface area contributed by atoms with Gasteiger partial charge >= 0.3 is 0 Å². The number of Topliss-reactive ketones (excluding diaryl/α,β-unsaturated/α-hetero) is 1. The highest BCUT2D eigenvalue weighted by Gasteiger charge is 2.20. The molecule has 0 unspecified atom stereocenters. The Kier molecular flexibility index (Phi) is 6.48. The monoisotopic (exact) mass is 421 g/mol. The van der Waals surface area contributed by atoms with Crippen LogP contribution in [0.1, 0.15) is 53.8 Å². The molecule has 6 heteroatoms. The molecule has 0 saturated heterocycles. The van der Waals surface area contributed by atoms with Crippen LogP contribution >= 0.6 is 0 Å². The third-order valence-corrected chi connectivity index (χ3v) is 5.59. The second kappa shape index (κ2) is 8.92. The van der Waals surface area contributed by atoms with Crippen LogP contribution in [0.4, 0.5) is 0 Å². The van der Waals surface area contributed by atoms with E-state index in [9.17, 15) is 9.59 Å². The van der Waals surface area contributed by atoms with Gasteiger partial charge in [-0.05, 0) is 50.1 Å². The first-order valence-electron chi connectivity index (χ1n) is 10.5. The largest absolute Gasteiger partial charge is 0.497 e. The lowest BCUT2D eigenvalue weighted by Crippen LogP contribution is -2.29. The van der Waals surface area contributed by atoms with Crippen molar-refractivity contribution in [2.45, 2.75) is 59.5 Å². The first-order chi connectivity index (χ1) is 14.6. The van der Waals surface area contributed by atoms with Gasteiger partial charge in [0.25, 0.3) is 5.56 Å². The summed E-state index contributed by atoms with van der Waals surface area (Å²) in [7, 11) is 1.66. The van der Waals surface area contributed by atoms with Crippen molar-refractivity contribution >= 4 is 5.78 Å². The molecule has 0 fully saturated rings. The van der Waals surface area contributed by atoms with E-state index in [4.69, 9.17) is 4.74 Å². The molecule has 0 aliphatic heterocycles. The van der Waals surface area contributed by atoms with E-state index in [2.05, 4.69) is 21.8 Å². The fraction of sp³-hybridized carbons (Fsp3) is 0.400. The molecule has 6 nitrogen and oxygen atoms in total. The molecule has 0 amide bonds. The SMILES string of the molecule is COc1ccc(CCn2c(C)cc(C(=O)Cn3nc(C(C)(C)C)ccc3=O)c2C)cc1. The molecule has 2 aromatic heterocycles. The minimum absolute atomic E-state index is 0.0640. The number of ether oxygens (including phenoxy) is 1. The van der Waals surface area contributed by atoms with Crippen molar-refractivity contribution in [3.05, 3.63) is 81.0 Å². The minimum atomic E-state index is -0.269. The lowest BCUT2D eigenvalue weighted by atomic mass is 9.92. The Bertz CT molecular complexity index is 1130. The molecular weight excluding hydrogens is 390 g/mol. The smallest absolute Gasteiger partial charge is 0.267 e. The van der Waals surface area contributed by atoms with Gasteiger partial charge in [0.1, 0.15) is 12.3 Å². The Morgan fingerprint density at radius 1 is 1.06 bits per heavy atom. The molecule has 0 aliphatic rings. The Morgan fingerprint density at radius 3 is 2.35 bits per heavy atom. The van der Waals surface area contributed by atoms with Crippen molar-refractivity contribution in [3.8, 4) is 5.75 Å². The van der Waals surface area contributed by atoms with Crippen LogP contribution in [0.25, 0.3) is 0 Å². The number of hydrogen-bond donors (Lipinski definition) is 0. The van der Waals surface area contributed by atoms with E-state index in [0.717, 1.165) is 35.8 Å². The van der Waals surface area contributed by atoms with Crippen LogP contribution in [0.2, 0.25) is 0 Å². The van der Waals surface area contributed by atoms with E-state index < -0.39 is 0 Å². The fourth-order valence-corrected chi connectivity index (χ4v) is 3.64. The molecule has 0 saturated carbocycles. The van der Waals surface area contributed by atoms with E-state index in [1.165, 1.54) is 16.3 Å². The number of hydrogen-bond acceptors (Lipinski definition) is 4. The molecule has 31 heavy (non-hydrogen) atoms. The minimum Gasteiger partial charge on any atom is -0.497 e. The van der Waals surface area contributed by atoms with Crippen LogP contribution < -0.4 is 10.3 Å². The van der Waals surface area contributed by atoms with Gasteiger partial charge in [0.05, 0.1) is 12.8 Å². The standard InChI is InChI=1S/C25H31N3O3/c1-17-15-21(18(2)27(17)14-13-19-7-9-20(31-6)10-8-19)22(29)16-28-24(30)12-11-23(26-28)25(3,4)5/h7-12,15H,13-14,16H2,1-6H3. The lowest BCUT2D eigenvalue weighted by molar-refractivity contribution is 0.0964. The van der Waals surface area contributed by atoms with Crippen molar-refractivity contribution in [3.63, 3.8) is 0 Å². The molecule has 1 aromatic carbocycles. The van der Waals surface area contributed by atoms with Crippen molar-refractivity contribution in [2.75, 3.05) is 7.11 Å². The van der Waals surface area contributed by atoms with Gasteiger partial charge < -0.3 is 9.30 Å². The summed E-state index contributed by atoms with van der Waals surface area (Å²) in [5.41, 5.74) is 4.10. The van der Waals surface area contributed by atoms with Crippen LogP contribution in [0, 0.1) is 13.8 Å². The van der Waals surface area contributed by atoms with Crippen molar-refractivity contribution in [1.29, 1.82) is 0 Å².